The van der Waals surface area contributed by atoms with E-state index in [1.54, 1.807) is 31.2 Å². The summed E-state index contributed by atoms with van der Waals surface area (Å²) in [6.45, 7) is 2.91. The highest BCUT2D eigenvalue weighted by Crippen LogP contribution is 2.23. The summed E-state index contributed by atoms with van der Waals surface area (Å²) in [5.41, 5.74) is 2.80. The molecule has 6 nitrogen and oxygen atoms in total. The van der Waals surface area contributed by atoms with Crippen LogP contribution in [-0.2, 0) is 14.3 Å². The van der Waals surface area contributed by atoms with Crippen molar-refractivity contribution in [3.8, 4) is 11.4 Å². The number of carbonyl (C=O) groups is 1. The molecule has 0 aliphatic carbocycles. The zero-order valence-electron chi connectivity index (χ0n) is 16.3. The normalized spacial score (nSPS) is 17.9. The first kappa shape index (κ1) is 19.5. The number of hydrogen-bond donors (Lipinski definition) is 2. The molecule has 7 heteroatoms. The summed E-state index contributed by atoms with van der Waals surface area (Å²) in [4.78, 5) is 20.1. The molecule has 2 atom stereocenters. The third-order valence-corrected chi connectivity index (χ3v) is 5.02. The molecule has 1 aliphatic rings. The average Bonchev–Trinajstić information content (AvgIpc) is 3.16. The van der Waals surface area contributed by atoms with Crippen LogP contribution in [0.4, 0.5) is 10.1 Å². The van der Waals surface area contributed by atoms with Gasteiger partial charge in [0.15, 0.2) is 0 Å². The molecule has 1 fully saturated rings. The minimum atomic E-state index is -0.583. The fraction of sp³-hybridized carbons (Fsp3) is 0.364. The van der Waals surface area contributed by atoms with Crippen molar-refractivity contribution >= 4 is 22.6 Å². The van der Waals surface area contributed by atoms with Crippen LogP contribution in [0.5, 0.6) is 0 Å². The number of carbonyl (C=O) groups excluding carboxylic acids is 1. The van der Waals surface area contributed by atoms with Gasteiger partial charge in [0, 0.05) is 17.9 Å². The number of halogens is 1. The van der Waals surface area contributed by atoms with Crippen molar-refractivity contribution in [3.63, 3.8) is 0 Å². The van der Waals surface area contributed by atoms with Crippen molar-refractivity contribution in [3.05, 3.63) is 48.3 Å². The Hall–Kier alpha value is -2.77. The molecular formula is C22H24FN3O3. The summed E-state index contributed by atoms with van der Waals surface area (Å²) in [5, 5.41) is 2.87. The summed E-state index contributed by atoms with van der Waals surface area (Å²) < 4.78 is 24.8. The summed E-state index contributed by atoms with van der Waals surface area (Å²) in [6, 6.07) is 11.7. The number of fused-ring (bicyclic) bond motifs is 1. The molecule has 3 aromatic rings. The number of imidazole rings is 1. The topological polar surface area (TPSA) is 76.2 Å². The number of aromatic nitrogens is 2. The highest BCUT2D eigenvalue weighted by molar-refractivity contribution is 5.95. The Morgan fingerprint density at radius 2 is 2.24 bits per heavy atom. The average molecular weight is 397 g/mol. The molecule has 2 unspecified atom stereocenters. The third kappa shape index (κ3) is 4.81. The van der Waals surface area contributed by atoms with Gasteiger partial charge in [0.05, 0.1) is 23.7 Å². The maximum absolute atomic E-state index is 13.5. The number of aromatic amines is 1. The van der Waals surface area contributed by atoms with E-state index in [0.29, 0.717) is 23.7 Å². The van der Waals surface area contributed by atoms with Gasteiger partial charge >= 0.3 is 0 Å². The third-order valence-electron chi connectivity index (χ3n) is 5.02. The van der Waals surface area contributed by atoms with Crippen LogP contribution in [0.2, 0.25) is 0 Å². The number of nitrogens with one attached hydrogen (secondary N) is 2. The maximum atomic E-state index is 13.5. The lowest BCUT2D eigenvalue weighted by atomic mass is 10.1. The molecule has 1 aromatic heterocycles. The Labute approximate surface area is 168 Å². The zero-order valence-corrected chi connectivity index (χ0v) is 16.3. The molecule has 1 saturated heterocycles. The molecule has 1 aliphatic heterocycles. The highest BCUT2D eigenvalue weighted by atomic mass is 19.1. The van der Waals surface area contributed by atoms with Crippen LogP contribution in [0, 0.1) is 5.82 Å². The van der Waals surface area contributed by atoms with E-state index in [2.05, 4.69) is 15.3 Å². The predicted octanol–water partition coefficient (Wildman–Crippen LogP) is 4.28. The molecule has 0 spiro atoms. The molecule has 2 N–H and O–H groups in total. The van der Waals surface area contributed by atoms with Crippen molar-refractivity contribution in [1.82, 2.24) is 9.97 Å². The molecule has 2 aromatic carbocycles. The van der Waals surface area contributed by atoms with Crippen LogP contribution in [0.1, 0.15) is 26.2 Å². The summed E-state index contributed by atoms with van der Waals surface area (Å²) in [7, 11) is 0. The van der Waals surface area contributed by atoms with Gasteiger partial charge in [-0.05, 0) is 56.5 Å². The van der Waals surface area contributed by atoms with Crippen molar-refractivity contribution in [2.45, 2.75) is 38.4 Å². The van der Waals surface area contributed by atoms with Crippen LogP contribution >= 0.6 is 0 Å². The Bertz CT molecular complexity index is 998. The fourth-order valence-electron chi connectivity index (χ4n) is 3.37. The SMILES string of the molecule is CC(OCC1CCCCO1)C(=O)Nc1ccc2nc(-c3cccc(F)c3)[nH]c2c1. The van der Waals surface area contributed by atoms with Crippen molar-refractivity contribution in [2.75, 3.05) is 18.5 Å². The van der Waals surface area contributed by atoms with E-state index in [9.17, 15) is 9.18 Å². The molecule has 0 saturated carbocycles. The van der Waals surface area contributed by atoms with Crippen LogP contribution in [0.15, 0.2) is 42.5 Å². The van der Waals surface area contributed by atoms with Gasteiger partial charge in [0.2, 0.25) is 0 Å². The number of ether oxygens (including phenoxy) is 2. The summed E-state index contributed by atoms with van der Waals surface area (Å²) in [5.74, 6) is 0.0423. The Morgan fingerprint density at radius 3 is 3.03 bits per heavy atom. The second-order valence-electron chi connectivity index (χ2n) is 7.28. The molecule has 0 radical (unpaired) electrons. The van der Waals surface area contributed by atoms with Gasteiger partial charge in [-0.1, -0.05) is 12.1 Å². The molecule has 2 heterocycles. The van der Waals surface area contributed by atoms with E-state index < -0.39 is 6.10 Å². The monoisotopic (exact) mass is 397 g/mol. The van der Waals surface area contributed by atoms with E-state index in [-0.39, 0.29) is 17.8 Å². The predicted molar refractivity (Wildman–Crippen MR) is 109 cm³/mol. The van der Waals surface area contributed by atoms with Gasteiger partial charge in [-0.2, -0.15) is 0 Å². The number of rotatable bonds is 6. The minimum absolute atomic E-state index is 0.0709. The largest absolute Gasteiger partial charge is 0.376 e. The molecule has 1 amide bonds. The molecular weight excluding hydrogens is 373 g/mol. The highest BCUT2D eigenvalue weighted by Gasteiger charge is 2.19. The standard InChI is InChI=1S/C22H24FN3O3/c1-14(29-13-18-7-2-3-10-28-18)22(27)24-17-8-9-19-20(12-17)26-21(25-19)15-5-4-6-16(23)11-15/h4-6,8-9,11-12,14,18H,2-3,7,10,13H2,1H3,(H,24,27)(H,25,26). The van der Waals surface area contributed by atoms with Crippen molar-refractivity contribution < 1.29 is 18.7 Å². The molecule has 4 rings (SSSR count). The van der Waals surface area contributed by atoms with Gasteiger partial charge in [-0.15, -0.1) is 0 Å². The van der Waals surface area contributed by atoms with E-state index >= 15 is 0 Å². The quantitative estimate of drug-likeness (QED) is 0.651. The lowest BCUT2D eigenvalue weighted by Crippen LogP contribution is -2.32. The van der Waals surface area contributed by atoms with Crippen molar-refractivity contribution in [1.29, 1.82) is 0 Å². The van der Waals surface area contributed by atoms with E-state index in [0.717, 1.165) is 36.9 Å². The number of H-pyrrole nitrogens is 1. The van der Waals surface area contributed by atoms with Gasteiger partial charge in [0.1, 0.15) is 17.7 Å². The first-order valence-electron chi connectivity index (χ1n) is 9.88. The minimum Gasteiger partial charge on any atom is -0.376 e. The number of nitrogens with zero attached hydrogens (tertiary/aromatic N) is 1. The zero-order chi connectivity index (χ0) is 20.2. The number of amides is 1. The Balaban J connectivity index is 1.40. The van der Waals surface area contributed by atoms with Crippen molar-refractivity contribution in [2.24, 2.45) is 0 Å². The van der Waals surface area contributed by atoms with E-state index in [1.807, 2.05) is 6.07 Å². The second kappa shape index (κ2) is 8.71. The number of hydrogen-bond acceptors (Lipinski definition) is 4. The Morgan fingerprint density at radius 1 is 1.34 bits per heavy atom. The van der Waals surface area contributed by atoms with E-state index in [1.165, 1.54) is 12.1 Å². The smallest absolute Gasteiger partial charge is 0.253 e. The van der Waals surface area contributed by atoms with Crippen LogP contribution in [0.3, 0.4) is 0 Å². The Kier molecular flexibility index (Phi) is 5.87. The van der Waals surface area contributed by atoms with Gasteiger partial charge in [-0.3, -0.25) is 4.79 Å². The first-order chi connectivity index (χ1) is 14.1. The number of anilines is 1. The molecule has 29 heavy (non-hydrogen) atoms. The lowest BCUT2D eigenvalue weighted by Gasteiger charge is -2.23. The van der Waals surface area contributed by atoms with Crippen LogP contribution in [0.25, 0.3) is 22.4 Å². The van der Waals surface area contributed by atoms with Crippen LogP contribution in [-0.4, -0.2) is 41.3 Å². The maximum Gasteiger partial charge on any atom is 0.253 e. The van der Waals surface area contributed by atoms with Gasteiger partial charge in [0.25, 0.3) is 5.91 Å². The van der Waals surface area contributed by atoms with E-state index in [4.69, 9.17) is 9.47 Å². The van der Waals surface area contributed by atoms with Gasteiger partial charge < -0.3 is 19.8 Å². The second-order valence-corrected chi connectivity index (χ2v) is 7.28. The van der Waals surface area contributed by atoms with Crippen LogP contribution < -0.4 is 5.32 Å². The lowest BCUT2D eigenvalue weighted by molar-refractivity contribution is -0.130. The fourth-order valence-corrected chi connectivity index (χ4v) is 3.37. The first-order valence-corrected chi connectivity index (χ1v) is 9.88. The molecule has 0 bridgehead atoms. The summed E-state index contributed by atoms with van der Waals surface area (Å²) in [6.07, 6.45) is 2.68. The van der Waals surface area contributed by atoms with Gasteiger partial charge in [-0.25, -0.2) is 9.37 Å². The molecule has 152 valence electrons. The number of benzene rings is 2. The summed E-state index contributed by atoms with van der Waals surface area (Å²) >= 11 is 0.